The number of alkyl halides is 1. The minimum atomic E-state index is 0.771. The average molecular weight is 306 g/mol. The first-order valence-electron chi connectivity index (χ1n) is 5.97. The predicted molar refractivity (Wildman–Crippen MR) is 65.8 cm³/mol. The molecule has 0 aromatic heterocycles. The summed E-state index contributed by atoms with van der Waals surface area (Å²) in [7, 11) is 0. The average Bonchev–Trinajstić information content (AvgIpc) is 2.11. The summed E-state index contributed by atoms with van der Waals surface area (Å²) in [5.74, 6) is 0.989. The SMILES string of the molecule is IC12CC(CCC3CCOCC3)(C1)C2. The Kier molecular flexibility index (Phi) is 2.36. The highest BCUT2D eigenvalue weighted by Gasteiger charge is 2.65. The van der Waals surface area contributed by atoms with E-state index in [1.54, 1.807) is 0 Å². The van der Waals surface area contributed by atoms with E-state index >= 15 is 0 Å². The lowest BCUT2D eigenvalue weighted by Crippen LogP contribution is -2.63. The van der Waals surface area contributed by atoms with E-state index < -0.39 is 0 Å². The Bertz CT molecular complexity index is 213. The maximum atomic E-state index is 5.40. The molecule has 0 atom stereocenters. The van der Waals surface area contributed by atoms with Crippen LogP contribution in [-0.4, -0.2) is 16.6 Å². The summed E-state index contributed by atoms with van der Waals surface area (Å²) in [4.78, 5) is 0. The summed E-state index contributed by atoms with van der Waals surface area (Å²) < 4.78 is 6.17. The van der Waals surface area contributed by atoms with Crippen molar-refractivity contribution in [3.05, 3.63) is 0 Å². The fourth-order valence-corrected chi connectivity index (χ4v) is 6.10. The van der Waals surface area contributed by atoms with Gasteiger partial charge in [0.15, 0.2) is 0 Å². The van der Waals surface area contributed by atoms with Gasteiger partial charge in [-0.1, -0.05) is 22.6 Å². The first-order valence-corrected chi connectivity index (χ1v) is 7.04. The van der Waals surface area contributed by atoms with Gasteiger partial charge >= 0.3 is 0 Å². The normalized spacial score (nSPS) is 46.9. The van der Waals surface area contributed by atoms with Gasteiger partial charge in [-0.2, -0.15) is 0 Å². The molecule has 0 aromatic carbocycles. The van der Waals surface area contributed by atoms with E-state index in [4.69, 9.17) is 4.74 Å². The van der Waals surface area contributed by atoms with Gasteiger partial charge in [-0.15, -0.1) is 0 Å². The molecule has 3 saturated carbocycles. The Hall–Kier alpha value is 0.690. The van der Waals surface area contributed by atoms with Crippen molar-refractivity contribution < 1.29 is 4.74 Å². The highest BCUT2D eigenvalue weighted by molar-refractivity contribution is 14.1. The van der Waals surface area contributed by atoms with Crippen LogP contribution >= 0.6 is 22.6 Å². The van der Waals surface area contributed by atoms with E-state index in [0.717, 1.165) is 28.0 Å². The fourth-order valence-electron chi connectivity index (χ4n) is 3.67. The van der Waals surface area contributed by atoms with Gasteiger partial charge in [0, 0.05) is 16.6 Å². The van der Waals surface area contributed by atoms with Crippen molar-refractivity contribution >= 4 is 22.6 Å². The molecule has 0 unspecified atom stereocenters. The van der Waals surface area contributed by atoms with Crippen molar-refractivity contribution in [1.82, 2.24) is 0 Å². The quantitative estimate of drug-likeness (QED) is 0.572. The molecular formula is C12H19IO. The standard InChI is InChI=1S/C12H19IO/c13-12-7-11(8-12,9-12)4-1-10-2-5-14-6-3-10/h10H,1-9H2. The number of halogens is 1. The van der Waals surface area contributed by atoms with Gasteiger partial charge in [0.25, 0.3) is 0 Å². The lowest BCUT2D eigenvalue weighted by Gasteiger charge is -2.69. The van der Waals surface area contributed by atoms with Crippen LogP contribution < -0.4 is 0 Å². The van der Waals surface area contributed by atoms with Crippen LogP contribution in [0.3, 0.4) is 0 Å². The summed E-state index contributed by atoms with van der Waals surface area (Å²) in [6.45, 7) is 2.04. The first-order chi connectivity index (χ1) is 6.70. The van der Waals surface area contributed by atoms with Gasteiger partial charge < -0.3 is 4.74 Å². The van der Waals surface area contributed by atoms with Crippen LogP contribution in [0.15, 0.2) is 0 Å². The van der Waals surface area contributed by atoms with Crippen LogP contribution in [0.2, 0.25) is 0 Å². The van der Waals surface area contributed by atoms with Crippen LogP contribution in [-0.2, 0) is 4.74 Å². The van der Waals surface area contributed by atoms with Crippen molar-refractivity contribution in [1.29, 1.82) is 0 Å². The fraction of sp³-hybridized carbons (Fsp3) is 1.00. The molecular weight excluding hydrogens is 287 g/mol. The molecule has 1 aliphatic heterocycles. The molecule has 0 spiro atoms. The van der Waals surface area contributed by atoms with Gasteiger partial charge in [0.2, 0.25) is 0 Å². The van der Waals surface area contributed by atoms with Crippen LogP contribution in [0, 0.1) is 11.3 Å². The smallest absolute Gasteiger partial charge is 0.0468 e. The van der Waals surface area contributed by atoms with Crippen molar-refractivity contribution in [3.63, 3.8) is 0 Å². The zero-order valence-electron chi connectivity index (χ0n) is 8.73. The van der Waals surface area contributed by atoms with Gasteiger partial charge in [-0.25, -0.2) is 0 Å². The minimum absolute atomic E-state index is 0.771. The number of ether oxygens (including phenoxy) is 1. The third-order valence-electron chi connectivity index (χ3n) is 4.50. The van der Waals surface area contributed by atoms with E-state index in [1.807, 2.05) is 0 Å². The lowest BCUT2D eigenvalue weighted by molar-refractivity contribution is -0.0765. The molecule has 4 fully saturated rings. The molecule has 1 heterocycles. The summed E-state index contributed by atoms with van der Waals surface area (Å²) >= 11 is 2.68. The Morgan fingerprint density at radius 2 is 1.79 bits per heavy atom. The van der Waals surface area contributed by atoms with Crippen molar-refractivity contribution in [2.45, 2.75) is 48.4 Å². The molecule has 14 heavy (non-hydrogen) atoms. The molecule has 2 heteroatoms. The third-order valence-corrected chi connectivity index (χ3v) is 5.64. The molecule has 1 nitrogen and oxygen atoms in total. The second-order valence-electron chi connectivity index (χ2n) is 5.78. The lowest BCUT2D eigenvalue weighted by atomic mass is 9.43. The Morgan fingerprint density at radius 1 is 1.14 bits per heavy atom. The van der Waals surface area contributed by atoms with Crippen LogP contribution in [0.5, 0.6) is 0 Å². The van der Waals surface area contributed by atoms with E-state index in [1.165, 1.54) is 44.9 Å². The Labute approximate surface area is 100 Å². The summed E-state index contributed by atoms with van der Waals surface area (Å²) in [5.41, 5.74) is 0.833. The molecule has 0 aromatic rings. The molecule has 3 aliphatic carbocycles. The van der Waals surface area contributed by atoms with E-state index in [0.29, 0.717) is 0 Å². The molecule has 4 rings (SSSR count). The van der Waals surface area contributed by atoms with Gasteiger partial charge in [-0.3, -0.25) is 0 Å². The number of rotatable bonds is 3. The number of hydrogen-bond acceptors (Lipinski definition) is 1. The molecule has 0 amide bonds. The van der Waals surface area contributed by atoms with E-state index in [2.05, 4.69) is 22.6 Å². The van der Waals surface area contributed by atoms with Crippen molar-refractivity contribution in [2.24, 2.45) is 11.3 Å². The minimum Gasteiger partial charge on any atom is -0.381 e. The van der Waals surface area contributed by atoms with Gasteiger partial charge in [0.05, 0.1) is 0 Å². The zero-order chi connectivity index (χ0) is 9.65. The number of hydrogen-bond donors (Lipinski definition) is 0. The van der Waals surface area contributed by atoms with Crippen molar-refractivity contribution in [3.8, 4) is 0 Å². The molecule has 0 radical (unpaired) electrons. The topological polar surface area (TPSA) is 9.23 Å². The maximum Gasteiger partial charge on any atom is 0.0468 e. The molecule has 0 N–H and O–H groups in total. The monoisotopic (exact) mass is 306 g/mol. The van der Waals surface area contributed by atoms with Gasteiger partial charge in [0.1, 0.15) is 0 Å². The van der Waals surface area contributed by atoms with E-state index in [9.17, 15) is 0 Å². The first kappa shape index (κ1) is 9.88. The predicted octanol–water partition coefficient (Wildman–Crippen LogP) is 3.55. The summed E-state index contributed by atoms with van der Waals surface area (Å²) in [6, 6.07) is 0. The second-order valence-corrected chi connectivity index (χ2v) is 8.06. The maximum absolute atomic E-state index is 5.40. The molecule has 4 aliphatic rings. The largest absolute Gasteiger partial charge is 0.381 e. The van der Waals surface area contributed by atoms with Crippen LogP contribution in [0.1, 0.15) is 44.9 Å². The zero-order valence-corrected chi connectivity index (χ0v) is 10.9. The van der Waals surface area contributed by atoms with Crippen LogP contribution in [0.25, 0.3) is 0 Å². The van der Waals surface area contributed by atoms with Crippen molar-refractivity contribution in [2.75, 3.05) is 13.2 Å². The highest BCUT2D eigenvalue weighted by Crippen LogP contribution is 2.73. The van der Waals surface area contributed by atoms with E-state index in [-0.39, 0.29) is 0 Å². The summed E-state index contributed by atoms with van der Waals surface area (Å²) in [6.07, 6.45) is 10.2. The van der Waals surface area contributed by atoms with Crippen LogP contribution in [0.4, 0.5) is 0 Å². The molecule has 2 bridgehead atoms. The Balaban J connectivity index is 1.42. The Morgan fingerprint density at radius 3 is 2.36 bits per heavy atom. The molecule has 80 valence electrons. The third kappa shape index (κ3) is 1.62. The van der Waals surface area contributed by atoms with Gasteiger partial charge in [-0.05, 0) is 56.3 Å². The summed E-state index contributed by atoms with van der Waals surface area (Å²) in [5, 5.41) is 0. The second kappa shape index (κ2) is 3.34. The highest BCUT2D eigenvalue weighted by atomic mass is 127. The molecule has 1 saturated heterocycles.